The lowest BCUT2D eigenvalue weighted by atomic mass is 9.82. The lowest BCUT2D eigenvalue weighted by molar-refractivity contribution is -0.140. The van der Waals surface area contributed by atoms with Gasteiger partial charge in [0.05, 0.1) is 18.6 Å². The molecule has 316 valence electrons. The zero-order chi connectivity index (χ0) is 43.2. The Bertz CT molecular complexity index is 1910. The number of benzene rings is 2. The van der Waals surface area contributed by atoms with Gasteiger partial charge in [-0.3, -0.25) is 28.8 Å². The van der Waals surface area contributed by atoms with Crippen molar-refractivity contribution in [1.82, 2.24) is 25.4 Å². The van der Waals surface area contributed by atoms with Gasteiger partial charge in [-0.15, -0.1) is 11.8 Å². The number of nitrogens with one attached hydrogen (secondary N) is 3. The zero-order valence-electron chi connectivity index (χ0n) is 32.5. The second-order valence-electron chi connectivity index (χ2n) is 14.5. The van der Waals surface area contributed by atoms with Crippen LogP contribution in [0.2, 0.25) is 0 Å². The first kappa shape index (κ1) is 47.0. The molecule has 0 fully saturated rings. The topological polar surface area (TPSA) is 259 Å². The van der Waals surface area contributed by atoms with Gasteiger partial charge >= 0.3 is 11.9 Å². The molecule has 16 nitrogen and oxygen atoms in total. The molecule has 58 heavy (non-hydrogen) atoms. The number of carboxylic acid groups (broad SMARTS) is 2. The van der Waals surface area contributed by atoms with Crippen molar-refractivity contribution in [2.75, 3.05) is 38.5 Å². The van der Waals surface area contributed by atoms with Crippen molar-refractivity contribution >= 4 is 47.3 Å². The van der Waals surface area contributed by atoms with E-state index in [1.165, 1.54) is 4.90 Å². The predicted octanol–water partition coefficient (Wildman–Crippen LogP) is 1.44. The van der Waals surface area contributed by atoms with Crippen LogP contribution in [0.15, 0.2) is 60.8 Å². The van der Waals surface area contributed by atoms with Crippen LogP contribution in [-0.4, -0.2) is 116 Å². The Labute approximate surface area is 338 Å². The van der Waals surface area contributed by atoms with Gasteiger partial charge in [0.2, 0.25) is 23.6 Å². The number of thioether (sulfide) groups is 1. The summed E-state index contributed by atoms with van der Waals surface area (Å²) in [6, 6.07) is 11.1. The number of halogens is 2. The van der Waals surface area contributed by atoms with Crippen molar-refractivity contribution in [2.24, 2.45) is 16.9 Å². The number of amides is 4. The molecule has 19 heteroatoms. The van der Waals surface area contributed by atoms with Crippen molar-refractivity contribution in [1.29, 1.82) is 0 Å². The van der Waals surface area contributed by atoms with Crippen LogP contribution < -0.4 is 27.4 Å². The number of carbonyl (C=O) groups excluding carboxylic acids is 4. The van der Waals surface area contributed by atoms with Gasteiger partial charge in [0.25, 0.3) is 0 Å². The van der Waals surface area contributed by atoms with E-state index < -0.39 is 95.6 Å². The highest BCUT2D eigenvalue weighted by atomic mass is 32.2. The van der Waals surface area contributed by atoms with Gasteiger partial charge in [-0.2, -0.15) is 0 Å². The molecule has 4 atom stereocenters. The Balaban J connectivity index is 1.64. The Morgan fingerprint density at radius 1 is 0.879 bits per heavy atom. The predicted molar refractivity (Wildman–Crippen MR) is 212 cm³/mol. The second kappa shape index (κ2) is 22.0. The summed E-state index contributed by atoms with van der Waals surface area (Å²) in [7, 11) is 0. The van der Waals surface area contributed by atoms with Crippen LogP contribution in [0.25, 0.3) is 11.1 Å². The molecule has 10 N–H and O–H groups in total. The number of aliphatic hydroxyl groups is 1. The number of aliphatic carboxylic acids is 2. The quantitative estimate of drug-likeness (QED) is 0.0670. The number of aromatic nitrogens is 1. The maximum Gasteiger partial charge on any atom is 0.321 e. The van der Waals surface area contributed by atoms with Gasteiger partial charge in [-0.05, 0) is 41.7 Å². The van der Waals surface area contributed by atoms with Crippen LogP contribution in [0.5, 0.6) is 0 Å². The molecule has 3 aromatic rings. The van der Waals surface area contributed by atoms with Gasteiger partial charge in [-0.1, -0.05) is 51.1 Å². The summed E-state index contributed by atoms with van der Waals surface area (Å²) in [6.45, 7) is 4.47. The molecule has 4 amide bonds. The fourth-order valence-electron chi connectivity index (χ4n) is 6.02. The molecule has 2 aromatic carbocycles. The molecule has 0 bridgehead atoms. The number of carboxylic acids is 2. The smallest absolute Gasteiger partial charge is 0.321 e. The summed E-state index contributed by atoms with van der Waals surface area (Å²) in [4.78, 5) is 74.6. The van der Waals surface area contributed by atoms with Crippen LogP contribution >= 0.6 is 11.8 Å². The summed E-state index contributed by atoms with van der Waals surface area (Å²) in [6.07, 6.45) is 1.12. The van der Waals surface area contributed by atoms with E-state index in [0.717, 1.165) is 23.8 Å². The van der Waals surface area contributed by atoms with E-state index in [-0.39, 0.29) is 37.4 Å². The van der Waals surface area contributed by atoms with Crippen LogP contribution in [0.4, 0.5) is 8.78 Å². The van der Waals surface area contributed by atoms with Gasteiger partial charge < -0.3 is 52.2 Å². The number of nitrogens with two attached hydrogens (primary N) is 2. The van der Waals surface area contributed by atoms with Crippen molar-refractivity contribution < 1.29 is 52.9 Å². The summed E-state index contributed by atoms with van der Waals surface area (Å²) in [5, 5.41) is 34.3. The van der Waals surface area contributed by atoms with Gasteiger partial charge in [0.15, 0.2) is 0 Å². The third-order valence-corrected chi connectivity index (χ3v) is 10.2. The highest BCUT2D eigenvalue weighted by Gasteiger charge is 2.37. The van der Waals surface area contributed by atoms with Crippen LogP contribution in [0, 0.1) is 17.0 Å². The summed E-state index contributed by atoms with van der Waals surface area (Å²) < 4.78 is 31.2. The molecule has 0 aliphatic rings. The Morgan fingerprint density at radius 2 is 1.55 bits per heavy atom. The van der Waals surface area contributed by atoms with Crippen molar-refractivity contribution in [3.63, 3.8) is 0 Å². The van der Waals surface area contributed by atoms with Crippen LogP contribution in [0.3, 0.4) is 0 Å². The zero-order valence-corrected chi connectivity index (χ0v) is 33.3. The number of nitrogens with zero attached hydrogens (tertiary/aromatic N) is 2. The second-order valence-corrected chi connectivity index (χ2v) is 15.8. The minimum atomic E-state index is -1.35. The molecule has 0 aliphatic heterocycles. The molecule has 3 rings (SSSR count). The Kier molecular flexibility index (Phi) is 17.8. The first-order chi connectivity index (χ1) is 27.3. The van der Waals surface area contributed by atoms with E-state index in [0.29, 0.717) is 29.6 Å². The number of carbonyl (C=O) groups is 6. The third kappa shape index (κ3) is 14.2. The summed E-state index contributed by atoms with van der Waals surface area (Å²) >= 11 is 0.690. The van der Waals surface area contributed by atoms with Crippen LogP contribution in [-0.2, 0) is 35.3 Å². The van der Waals surface area contributed by atoms with Crippen molar-refractivity contribution in [3.8, 4) is 11.1 Å². The lowest BCUT2D eigenvalue weighted by Gasteiger charge is -2.41. The first-order valence-electron chi connectivity index (χ1n) is 18.3. The van der Waals surface area contributed by atoms with Crippen LogP contribution in [0.1, 0.15) is 50.9 Å². The fourth-order valence-corrected chi connectivity index (χ4v) is 7.01. The molecular weight excluding hydrogens is 781 g/mol. The maximum absolute atomic E-state index is 15.0. The highest BCUT2D eigenvalue weighted by molar-refractivity contribution is 8.00. The molecular formula is C39H51F2N7O9S. The van der Waals surface area contributed by atoms with Gasteiger partial charge in [0.1, 0.15) is 29.5 Å². The molecule has 1 aromatic heterocycles. The SMILES string of the molecule is CC(C)(C)C(c1cc(-c2cc(F)ccc2F)cn1Cc1ccccc1)N(CCC(N)C(=O)NCCNC(=O)CNC(=O)CC(SCC(N)C(=O)O)C(=O)O)C(=O)CO. The number of aliphatic hydroxyl groups excluding tert-OH is 1. The van der Waals surface area contributed by atoms with E-state index in [9.17, 15) is 43.4 Å². The number of rotatable bonds is 22. The molecule has 0 saturated heterocycles. The number of hydrogen-bond donors (Lipinski definition) is 8. The van der Waals surface area contributed by atoms with Crippen molar-refractivity contribution in [3.05, 3.63) is 83.7 Å². The van der Waals surface area contributed by atoms with Crippen molar-refractivity contribution in [2.45, 2.75) is 63.5 Å². The molecule has 1 heterocycles. The monoisotopic (exact) mass is 831 g/mol. The van der Waals surface area contributed by atoms with Gasteiger partial charge in [0, 0.05) is 61.4 Å². The van der Waals surface area contributed by atoms with E-state index >= 15 is 4.39 Å². The average molecular weight is 832 g/mol. The molecule has 0 saturated carbocycles. The summed E-state index contributed by atoms with van der Waals surface area (Å²) in [5.41, 5.74) is 12.8. The van der Waals surface area contributed by atoms with E-state index in [1.54, 1.807) is 12.3 Å². The van der Waals surface area contributed by atoms with E-state index in [2.05, 4.69) is 16.0 Å². The fraction of sp³-hybridized carbons (Fsp3) is 0.436. The van der Waals surface area contributed by atoms with E-state index in [4.69, 9.17) is 16.6 Å². The molecule has 4 unspecified atom stereocenters. The minimum absolute atomic E-state index is 0.0288. The average Bonchev–Trinajstić information content (AvgIpc) is 3.57. The Hall–Kier alpha value is -5.37. The highest BCUT2D eigenvalue weighted by Crippen LogP contribution is 2.41. The third-order valence-electron chi connectivity index (χ3n) is 8.88. The molecule has 0 radical (unpaired) electrons. The first-order valence-corrected chi connectivity index (χ1v) is 19.4. The Morgan fingerprint density at radius 3 is 2.17 bits per heavy atom. The van der Waals surface area contributed by atoms with Gasteiger partial charge in [-0.25, -0.2) is 8.78 Å². The summed E-state index contributed by atoms with van der Waals surface area (Å²) in [5.74, 6) is -6.79. The molecule has 0 aliphatic carbocycles. The largest absolute Gasteiger partial charge is 0.480 e. The standard InChI is InChI=1S/C39H51F2N7O9S/c1-39(2,3)35(30-15-24(26-16-25(40)9-10-27(26)41)20-47(30)19-23-7-5-4-6-8-23)48(34(52)21-49)14-11-28(42)36(53)45-13-12-44-33(51)18-46-32(50)17-31(38(56)57)58-22-29(43)37(54)55/h4-10,15-16,20,28-29,31,35,49H,11-14,17-19,21-22,42-43H2,1-3H3,(H,44,51)(H,45,53)(H,46,50)(H,54,55)(H,56,57). The lowest BCUT2D eigenvalue weighted by Crippen LogP contribution is -2.48. The van der Waals surface area contributed by atoms with E-state index in [1.807, 2.05) is 55.7 Å². The minimum Gasteiger partial charge on any atom is -0.480 e. The number of hydrogen-bond acceptors (Lipinski definition) is 10. The normalized spacial score (nSPS) is 13.4. The maximum atomic E-state index is 15.0. The molecule has 0 spiro atoms.